The van der Waals surface area contributed by atoms with Gasteiger partial charge in [-0.2, -0.15) is 0 Å². The SMILES string of the molecule is CC1CCC1.CCCc1cc(C)c(Oc2ccc(C(N)=O)cn2)cc1CCC. The van der Waals surface area contributed by atoms with E-state index in [0.29, 0.717) is 11.4 Å². The van der Waals surface area contributed by atoms with Gasteiger partial charge < -0.3 is 10.5 Å². The number of hydrogen-bond donors (Lipinski definition) is 1. The van der Waals surface area contributed by atoms with Gasteiger partial charge in [0.1, 0.15) is 5.75 Å². The molecular weight excluding hydrogens is 348 g/mol. The van der Waals surface area contributed by atoms with Gasteiger partial charge in [-0.05, 0) is 54.5 Å². The summed E-state index contributed by atoms with van der Waals surface area (Å²) >= 11 is 0. The van der Waals surface area contributed by atoms with Crippen LogP contribution in [0.15, 0.2) is 30.5 Å². The lowest BCUT2D eigenvalue weighted by Crippen LogP contribution is -2.10. The molecule has 0 bridgehead atoms. The maximum absolute atomic E-state index is 11.1. The summed E-state index contributed by atoms with van der Waals surface area (Å²) < 4.78 is 5.90. The van der Waals surface area contributed by atoms with Crippen molar-refractivity contribution >= 4 is 5.91 Å². The average molecular weight is 383 g/mol. The minimum absolute atomic E-state index is 0.374. The zero-order valence-electron chi connectivity index (χ0n) is 17.8. The first kappa shape index (κ1) is 21.9. The Bertz CT molecular complexity index is 765. The molecule has 1 aliphatic rings. The number of benzene rings is 1. The molecule has 0 spiro atoms. The second kappa shape index (κ2) is 10.8. The number of aromatic nitrogens is 1. The largest absolute Gasteiger partial charge is 0.439 e. The zero-order chi connectivity index (χ0) is 20.5. The highest BCUT2D eigenvalue weighted by atomic mass is 16.5. The Balaban J connectivity index is 0.000000485. The molecule has 0 saturated heterocycles. The summed E-state index contributed by atoms with van der Waals surface area (Å²) in [5.41, 5.74) is 9.42. The number of rotatable bonds is 7. The number of primary amides is 1. The monoisotopic (exact) mass is 382 g/mol. The lowest BCUT2D eigenvalue weighted by Gasteiger charge is -2.18. The minimum Gasteiger partial charge on any atom is -0.439 e. The molecule has 0 atom stereocenters. The Kier molecular flexibility index (Phi) is 8.49. The number of amides is 1. The molecule has 2 aromatic rings. The molecule has 0 aliphatic heterocycles. The predicted octanol–water partition coefficient (Wildman–Crippen LogP) is 5.99. The van der Waals surface area contributed by atoms with Gasteiger partial charge in [-0.1, -0.05) is 58.9 Å². The van der Waals surface area contributed by atoms with Gasteiger partial charge in [0.15, 0.2) is 0 Å². The van der Waals surface area contributed by atoms with Crippen LogP contribution in [0.4, 0.5) is 0 Å². The van der Waals surface area contributed by atoms with Gasteiger partial charge in [0.2, 0.25) is 11.8 Å². The molecule has 1 saturated carbocycles. The molecule has 2 N–H and O–H groups in total. The van der Waals surface area contributed by atoms with Crippen LogP contribution in [0.5, 0.6) is 11.6 Å². The third kappa shape index (κ3) is 6.36. The van der Waals surface area contributed by atoms with Crippen molar-refractivity contribution in [2.75, 3.05) is 0 Å². The highest BCUT2D eigenvalue weighted by molar-refractivity contribution is 5.92. The molecule has 1 amide bonds. The van der Waals surface area contributed by atoms with Crippen LogP contribution in [0.25, 0.3) is 0 Å². The van der Waals surface area contributed by atoms with Crippen molar-refractivity contribution in [2.45, 2.75) is 72.6 Å². The summed E-state index contributed by atoms with van der Waals surface area (Å²) in [6.45, 7) is 8.73. The van der Waals surface area contributed by atoms with Gasteiger partial charge in [0.05, 0.1) is 5.56 Å². The van der Waals surface area contributed by atoms with E-state index in [1.165, 1.54) is 36.6 Å². The Morgan fingerprint density at radius 2 is 1.75 bits per heavy atom. The molecule has 1 aromatic carbocycles. The number of ether oxygens (including phenoxy) is 1. The molecule has 4 nitrogen and oxygen atoms in total. The van der Waals surface area contributed by atoms with Crippen molar-refractivity contribution in [3.63, 3.8) is 0 Å². The topological polar surface area (TPSA) is 65.2 Å². The summed E-state index contributed by atoms with van der Waals surface area (Å²) in [6.07, 6.45) is 10.3. The number of pyridine rings is 1. The summed E-state index contributed by atoms with van der Waals surface area (Å²) in [5, 5.41) is 0. The fourth-order valence-corrected chi connectivity index (χ4v) is 3.22. The minimum atomic E-state index is -0.491. The van der Waals surface area contributed by atoms with Gasteiger partial charge in [-0.15, -0.1) is 0 Å². The van der Waals surface area contributed by atoms with Crippen LogP contribution in [0.2, 0.25) is 0 Å². The average Bonchev–Trinajstić information content (AvgIpc) is 2.65. The Morgan fingerprint density at radius 3 is 2.18 bits per heavy atom. The van der Waals surface area contributed by atoms with Crippen LogP contribution < -0.4 is 10.5 Å². The first-order valence-electron chi connectivity index (χ1n) is 10.5. The van der Waals surface area contributed by atoms with Gasteiger partial charge in [-0.3, -0.25) is 4.79 Å². The van der Waals surface area contributed by atoms with Crippen LogP contribution >= 0.6 is 0 Å². The summed E-state index contributed by atoms with van der Waals surface area (Å²) in [5.74, 6) is 1.85. The Morgan fingerprint density at radius 1 is 1.14 bits per heavy atom. The first-order chi connectivity index (χ1) is 13.4. The molecule has 0 radical (unpaired) electrons. The summed E-state index contributed by atoms with van der Waals surface area (Å²) in [7, 11) is 0. The molecule has 1 aromatic heterocycles. The number of nitrogens with zero attached hydrogens (tertiary/aromatic N) is 1. The van der Waals surface area contributed by atoms with E-state index in [2.05, 4.69) is 37.9 Å². The fourth-order valence-electron chi connectivity index (χ4n) is 3.22. The zero-order valence-corrected chi connectivity index (χ0v) is 17.8. The van der Waals surface area contributed by atoms with Crippen LogP contribution in [-0.4, -0.2) is 10.9 Å². The lowest BCUT2D eigenvalue weighted by molar-refractivity contribution is 0.1000. The third-order valence-electron chi connectivity index (χ3n) is 5.17. The lowest BCUT2D eigenvalue weighted by atomic mass is 9.88. The number of hydrogen-bond acceptors (Lipinski definition) is 3. The maximum Gasteiger partial charge on any atom is 0.250 e. The van der Waals surface area contributed by atoms with Crippen LogP contribution in [0, 0.1) is 12.8 Å². The summed E-state index contributed by atoms with van der Waals surface area (Å²) in [4.78, 5) is 15.2. The molecule has 4 heteroatoms. The van der Waals surface area contributed by atoms with Gasteiger partial charge in [-0.25, -0.2) is 4.98 Å². The second-order valence-corrected chi connectivity index (χ2v) is 7.77. The van der Waals surface area contributed by atoms with Gasteiger partial charge in [0.25, 0.3) is 0 Å². The molecule has 152 valence electrons. The van der Waals surface area contributed by atoms with E-state index >= 15 is 0 Å². The third-order valence-corrected chi connectivity index (χ3v) is 5.17. The number of nitrogens with two attached hydrogens (primary N) is 1. The molecule has 3 rings (SSSR count). The van der Waals surface area contributed by atoms with Crippen molar-refractivity contribution in [3.8, 4) is 11.6 Å². The van der Waals surface area contributed by atoms with Gasteiger partial charge in [0, 0.05) is 12.3 Å². The fraction of sp³-hybridized carbons (Fsp3) is 0.500. The van der Waals surface area contributed by atoms with E-state index in [-0.39, 0.29) is 0 Å². The summed E-state index contributed by atoms with van der Waals surface area (Å²) in [6, 6.07) is 7.62. The normalized spacial score (nSPS) is 13.3. The van der Waals surface area contributed by atoms with Crippen LogP contribution in [-0.2, 0) is 12.8 Å². The number of aryl methyl sites for hydroxylation is 3. The first-order valence-corrected chi connectivity index (χ1v) is 10.5. The van der Waals surface area contributed by atoms with Crippen molar-refractivity contribution < 1.29 is 9.53 Å². The Hall–Kier alpha value is -2.36. The smallest absolute Gasteiger partial charge is 0.250 e. The highest BCUT2D eigenvalue weighted by Gasteiger charge is 2.10. The van der Waals surface area contributed by atoms with Crippen molar-refractivity contribution in [1.82, 2.24) is 4.98 Å². The second-order valence-electron chi connectivity index (χ2n) is 7.77. The predicted molar refractivity (Wildman–Crippen MR) is 115 cm³/mol. The van der Waals surface area contributed by atoms with Gasteiger partial charge >= 0.3 is 0 Å². The maximum atomic E-state index is 11.1. The van der Waals surface area contributed by atoms with E-state index < -0.39 is 5.91 Å². The molecule has 1 aliphatic carbocycles. The van der Waals surface area contributed by atoms with Crippen LogP contribution in [0.3, 0.4) is 0 Å². The molecular formula is C24H34N2O2. The highest BCUT2D eigenvalue weighted by Crippen LogP contribution is 2.29. The van der Waals surface area contributed by atoms with Crippen LogP contribution in [0.1, 0.15) is 79.9 Å². The molecule has 28 heavy (non-hydrogen) atoms. The van der Waals surface area contributed by atoms with E-state index in [1.54, 1.807) is 12.1 Å². The van der Waals surface area contributed by atoms with Crippen molar-refractivity contribution in [3.05, 3.63) is 52.7 Å². The van der Waals surface area contributed by atoms with Crippen molar-refractivity contribution in [1.29, 1.82) is 0 Å². The Labute approximate surface area is 169 Å². The van der Waals surface area contributed by atoms with E-state index in [0.717, 1.165) is 42.9 Å². The molecule has 1 heterocycles. The molecule has 0 unspecified atom stereocenters. The number of carbonyl (C=O) groups is 1. The quantitative estimate of drug-likeness (QED) is 0.639. The van der Waals surface area contributed by atoms with Crippen molar-refractivity contribution in [2.24, 2.45) is 11.7 Å². The van der Waals surface area contributed by atoms with E-state index in [1.807, 2.05) is 6.92 Å². The van der Waals surface area contributed by atoms with E-state index in [9.17, 15) is 4.79 Å². The van der Waals surface area contributed by atoms with E-state index in [4.69, 9.17) is 10.5 Å². The number of carbonyl (C=O) groups excluding carboxylic acids is 1. The standard InChI is InChI=1S/C19H24N2O2.C5H10/c1-4-6-14-10-13(3)17(11-15(14)7-5-2)23-18-9-8-16(12-21-18)19(20)22;1-5-3-2-4-5/h8-12H,4-7H2,1-3H3,(H2,20,22);5H,2-4H2,1H3. The molecule has 1 fully saturated rings.